The first kappa shape index (κ1) is 20.2. The van der Waals surface area contributed by atoms with Gasteiger partial charge in [0.25, 0.3) is 0 Å². The van der Waals surface area contributed by atoms with Crippen molar-refractivity contribution in [3.8, 4) is 0 Å². The second-order valence-corrected chi connectivity index (χ2v) is 7.80. The lowest BCUT2D eigenvalue weighted by Gasteiger charge is -2.35. The van der Waals surface area contributed by atoms with Crippen molar-refractivity contribution in [2.24, 2.45) is 5.92 Å². The number of ketones is 1. The van der Waals surface area contributed by atoms with Crippen molar-refractivity contribution in [1.82, 2.24) is 15.3 Å². The Kier molecular flexibility index (Phi) is 6.57. The Labute approximate surface area is 170 Å². The van der Waals surface area contributed by atoms with Crippen molar-refractivity contribution in [2.75, 3.05) is 24.5 Å². The lowest BCUT2D eigenvalue weighted by Crippen LogP contribution is -2.51. The van der Waals surface area contributed by atoms with Gasteiger partial charge in [-0.15, -0.1) is 0 Å². The minimum atomic E-state index is -0.0746. The third kappa shape index (κ3) is 4.65. The fourth-order valence-corrected chi connectivity index (χ4v) is 3.74. The number of piperazine rings is 1. The van der Waals surface area contributed by atoms with Gasteiger partial charge in [-0.2, -0.15) is 0 Å². The Bertz CT molecular complexity index is 870. The third-order valence-corrected chi connectivity index (χ3v) is 5.06. The van der Waals surface area contributed by atoms with E-state index in [9.17, 15) is 4.79 Å². The highest BCUT2D eigenvalue weighted by molar-refractivity contribution is 6.10. The molecule has 0 aromatic carbocycles. The summed E-state index contributed by atoms with van der Waals surface area (Å²) in [5, 5.41) is 3.60. The van der Waals surface area contributed by atoms with Crippen molar-refractivity contribution in [3.63, 3.8) is 0 Å². The highest BCUT2D eigenvalue weighted by Gasteiger charge is 2.23. The predicted octanol–water partition coefficient (Wildman–Crippen LogP) is 4.37. The molecule has 1 N–H and O–H groups in total. The largest absolute Gasteiger partial charge is 0.354 e. The van der Waals surface area contributed by atoms with Gasteiger partial charge in [0.1, 0.15) is 11.5 Å². The Balaban J connectivity index is 0.00000225. The van der Waals surface area contributed by atoms with Crippen molar-refractivity contribution in [2.45, 2.75) is 40.2 Å². The van der Waals surface area contributed by atoms with Crippen LogP contribution in [-0.2, 0) is 0 Å². The second-order valence-electron chi connectivity index (χ2n) is 7.80. The van der Waals surface area contributed by atoms with E-state index in [4.69, 9.17) is 4.98 Å². The molecule has 0 amide bonds. The molecule has 1 aliphatic heterocycles. The van der Waals surface area contributed by atoms with Crippen LogP contribution >= 0.6 is 0 Å². The quantitative estimate of drug-likeness (QED) is 0.752. The molecular formula is C23H34N4O. The average Bonchev–Trinajstić information content (AvgIpc) is 2.68. The predicted molar refractivity (Wildman–Crippen MR) is 119 cm³/mol. The maximum Gasteiger partial charge on any atom is 0.213 e. The van der Waals surface area contributed by atoms with Crippen LogP contribution in [-0.4, -0.2) is 41.4 Å². The maximum atomic E-state index is 13.2. The molecule has 1 fully saturated rings. The highest BCUT2D eigenvalue weighted by atomic mass is 16.1. The molecule has 5 nitrogen and oxygen atoms in total. The number of rotatable bonds is 6. The van der Waals surface area contributed by atoms with Crippen LogP contribution in [0.25, 0.3) is 6.08 Å². The molecule has 1 atom stereocenters. The molecule has 3 rings (SSSR count). The number of nitrogens with one attached hydrogen (secondary N) is 1. The van der Waals surface area contributed by atoms with Crippen LogP contribution in [0.5, 0.6) is 0 Å². The topological polar surface area (TPSA) is 58.1 Å². The zero-order chi connectivity index (χ0) is 20.1. The number of carbonyl (C=O) groups is 1. The minimum Gasteiger partial charge on any atom is -0.354 e. The van der Waals surface area contributed by atoms with E-state index in [0.717, 1.165) is 43.1 Å². The summed E-state index contributed by atoms with van der Waals surface area (Å²) in [6, 6.07) is 8.10. The number of nitrogens with zero attached hydrogens (tertiary/aromatic N) is 3. The molecule has 0 spiro atoms. The first-order chi connectivity index (χ1) is 13.5. The third-order valence-electron chi connectivity index (χ3n) is 5.06. The molecule has 0 unspecified atom stereocenters. The van der Waals surface area contributed by atoms with Crippen molar-refractivity contribution >= 4 is 17.7 Å². The van der Waals surface area contributed by atoms with Crippen molar-refractivity contribution < 1.29 is 7.65 Å². The van der Waals surface area contributed by atoms with Gasteiger partial charge in [0.05, 0.1) is 0 Å². The molecule has 5 heteroatoms. The van der Waals surface area contributed by atoms with Gasteiger partial charge in [-0.3, -0.25) is 9.78 Å². The zero-order valence-corrected chi connectivity index (χ0v) is 17.3. The summed E-state index contributed by atoms with van der Waals surface area (Å²) < 4.78 is 0. The number of anilines is 1. The van der Waals surface area contributed by atoms with Gasteiger partial charge in [-0.05, 0) is 50.5 Å². The van der Waals surface area contributed by atoms with E-state index in [1.54, 1.807) is 12.3 Å². The molecule has 0 saturated carbocycles. The zero-order valence-electron chi connectivity index (χ0n) is 17.3. The average molecular weight is 383 g/mol. The molecular weight excluding hydrogens is 348 g/mol. The van der Waals surface area contributed by atoms with Crippen LogP contribution in [0.15, 0.2) is 36.5 Å². The normalized spacial score (nSPS) is 17.5. The number of aromatic nitrogens is 2. The molecule has 1 aliphatic rings. The first-order valence-electron chi connectivity index (χ1n) is 10.1. The number of hydrogen-bond donors (Lipinski definition) is 1. The van der Waals surface area contributed by atoms with Crippen molar-refractivity contribution in [3.05, 3.63) is 59.1 Å². The first-order valence-corrected chi connectivity index (χ1v) is 10.1. The molecule has 0 bridgehead atoms. The van der Waals surface area contributed by atoms with Crippen molar-refractivity contribution in [1.29, 1.82) is 0 Å². The summed E-state index contributed by atoms with van der Waals surface area (Å²) >= 11 is 0. The summed E-state index contributed by atoms with van der Waals surface area (Å²) in [7, 11) is 0. The van der Waals surface area contributed by atoms with E-state index in [-0.39, 0.29) is 8.64 Å². The lowest BCUT2D eigenvalue weighted by molar-refractivity contribution is 0.103. The number of aryl methyl sites for hydroxylation is 1. The standard InChI is InChI=1S/C23H30N4O.2H2/c1-5-7-18-9-10-21(27-13-12-25-19(15-27)14-16(2)3)26-22(18)23(28)20-8-6-11-24-17(20)4;;/h5-11,16,19,25H,12-15H2,1-4H3;2*1H/b7-5+;;/t19-;;/m0../s1. The van der Waals surface area contributed by atoms with E-state index in [1.807, 2.05) is 44.2 Å². The summed E-state index contributed by atoms with van der Waals surface area (Å²) in [4.78, 5) is 24.6. The van der Waals surface area contributed by atoms with E-state index in [1.165, 1.54) is 0 Å². The number of carbonyl (C=O) groups excluding carboxylic acids is 1. The maximum absolute atomic E-state index is 13.2. The molecule has 3 heterocycles. The Morgan fingerprint density at radius 1 is 1.39 bits per heavy atom. The van der Waals surface area contributed by atoms with Gasteiger partial charge in [-0.25, -0.2) is 4.98 Å². The smallest absolute Gasteiger partial charge is 0.213 e. The van der Waals surface area contributed by atoms with E-state index in [0.29, 0.717) is 23.2 Å². The number of allylic oxidation sites excluding steroid dienone is 1. The van der Waals surface area contributed by atoms with Gasteiger partial charge in [-0.1, -0.05) is 26.0 Å². The molecule has 28 heavy (non-hydrogen) atoms. The molecule has 2 aromatic heterocycles. The van der Waals surface area contributed by atoms with Crippen LogP contribution in [0.1, 0.15) is 57.4 Å². The fourth-order valence-electron chi connectivity index (χ4n) is 3.74. The molecule has 0 aliphatic carbocycles. The monoisotopic (exact) mass is 382 g/mol. The van der Waals surface area contributed by atoms with E-state index >= 15 is 0 Å². The van der Waals surface area contributed by atoms with Gasteiger partial charge in [0, 0.05) is 51.5 Å². The van der Waals surface area contributed by atoms with Crippen LogP contribution in [0, 0.1) is 12.8 Å². The van der Waals surface area contributed by atoms with Crippen LogP contribution < -0.4 is 10.2 Å². The summed E-state index contributed by atoms with van der Waals surface area (Å²) in [5.74, 6) is 1.44. The Morgan fingerprint density at radius 2 is 2.21 bits per heavy atom. The van der Waals surface area contributed by atoms with E-state index in [2.05, 4.69) is 29.0 Å². The van der Waals surface area contributed by atoms with Gasteiger partial charge >= 0.3 is 0 Å². The Morgan fingerprint density at radius 3 is 2.93 bits per heavy atom. The summed E-state index contributed by atoms with van der Waals surface area (Å²) in [6.07, 6.45) is 6.72. The van der Waals surface area contributed by atoms with Crippen LogP contribution in [0.4, 0.5) is 5.82 Å². The highest BCUT2D eigenvalue weighted by Crippen LogP contribution is 2.22. The SMILES string of the molecule is C/C=C/c1ccc(N2CCN[C@@H](CC(C)C)C2)nc1C(=O)c1cccnc1C.[HH].[HH]. The lowest BCUT2D eigenvalue weighted by atomic mass is 10.0. The molecule has 2 aromatic rings. The minimum absolute atomic E-state index is 0. The van der Waals surface area contributed by atoms with Gasteiger partial charge in [0.2, 0.25) is 5.78 Å². The number of hydrogen-bond acceptors (Lipinski definition) is 5. The Hall–Kier alpha value is -2.53. The van der Waals surface area contributed by atoms with Crippen LogP contribution in [0.3, 0.4) is 0 Å². The molecule has 152 valence electrons. The summed E-state index contributed by atoms with van der Waals surface area (Å²) in [5.41, 5.74) is 2.67. The van der Waals surface area contributed by atoms with Gasteiger partial charge in [0.15, 0.2) is 0 Å². The summed E-state index contributed by atoms with van der Waals surface area (Å²) in [6.45, 7) is 11.0. The second kappa shape index (κ2) is 9.11. The van der Waals surface area contributed by atoms with Crippen LogP contribution in [0.2, 0.25) is 0 Å². The molecule has 0 radical (unpaired) electrons. The van der Waals surface area contributed by atoms with Gasteiger partial charge < -0.3 is 10.2 Å². The van der Waals surface area contributed by atoms with E-state index < -0.39 is 0 Å². The number of pyridine rings is 2. The molecule has 1 saturated heterocycles. The fraction of sp³-hybridized carbons (Fsp3) is 0.435.